The van der Waals surface area contributed by atoms with Crippen molar-refractivity contribution in [2.24, 2.45) is 0 Å². The first-order valence-electron chi connectivity index (χ1n) is 11.2. The molecule has 3 rings (SSSR count). The summed E-state index contributed by atoms with van der Waals surface area (Å²) in [6, 6.07) is 12.6. The lowest BCUT2D eigenvalue weighted by atomic mass is 10.1. The molecule has 178 valence electrons. The number of rotatable bonds is 10. The maximum absolute atomic E-state index is 13.3. The lowest BCUT2D eigenvalue weighted by Crippen LogP contribution is -2.51. The third kappa shape index (κ3) is 7.81. The summed E-state index contributed by atoms with van der Waals surface area (Å²) in [4.78, 5) is 28.1. The topological polar surface area (TPSA) is 49.4 Å². The first-order valence-corrected chi connectivity index (χ1v) is 13.5. The summed E-state index contributed by atoms with van der Waals surface area (Å²) in [6.45, 7) is 2.31. The third-order valence-electron chi connectivity index (χ3n) is 5.83. The average molecular weight is 528 g/mol. The highest BCUT2D eigenvalue weighted by Crippen LogP contribution is 2.25. The van der Waals surface area contributed by atoms with Crippen molar-refractivity contribution in [1.82, 2.24) is 10.2 Å². The van der Waals surface area contributed by atoms with Gasteiger partial charge in [-0.1, -0.05) is 72.8 Å². The standard InChI is InChI=1S/C25H29Cl3N2O2S/c1-2-23(25(32)29-20-5-3-4-6-20)30(14-17-7-10-19(26)11-8-17)24(31)16-33-15-18-9-12-21(27)22(28)13-18/h7-13,20,23H,2-6,14-16H2,1H3,(H,29,32)/t23-/m0/s1. The molecule has 0 spiro atoms. The monoisotopic (exact) mass is 526 g/mol. The van der Waals surface area contributed by atoms with Crippen molar-refractivity contribution >= 4 is 58.4 Å². The molecule has 2 aromatic carbocycles. The van der Waals surface area contributed by atoms with Gasteiger partial charge in [0.1, 0.15) is 6.04 Å². The van der Waals surface area contributed by atoms with E-state index < -0.39 is 6.04 Å². The summed E-state index contributed by atoms with van der Waals surface area (Å²) >= 11 is 19.6. The van der Waals surface area contributed by atoms with E-state index in [0.717, 1.165) is 36.8 Å². The average Bonchev–Trinajstić information content (AvgIpc) is 3.30. The minimum Gasteiger partial charge on any atom is -0.352 e. The molecule has 0 radical (unpaired) electrons. The molecule has 1 saturated carbocycles. The summed E-state index contributed by atoms with van der Waals surface area (Å²) < 4.78 is 0. The Bertz CT molecular complexity index is 949. The smallest absolute Gasteiger partial charge is 0.243 e. The number of carbonyl (C=O) groups is 2. The van der Waals surface area contributed by atoms with Gasteiger partial charge in [-0.15, -0.1) is 11.8 Å². The van der Waals surface area contributed by atoms with Gasteiger partial charge in [0.05, 0.1) is 15.8 Å². The fourth-order valence-electron chi connectivity index (χ4n) is 4.04. The van der Waals surface area contributed by atoms with Gasteiger partial charge in [0.25, 0.3) is 0 Å². The van der Waals surface area contributed by atoms with Crippen LogP contribution in [0.25, 0.3) is 0 Å². The molecule has 8 heteroatoms. The fourth-order valence-corrected chi connectivity index (χ4v) is 5.35. The van der Waals surface area contributed by atoms with Crippen LogP contribution in [0.5, 0.6) is 0 Å². The molecule has 0 saturated heterocycles. The Labute approximate surface area is 215 Å². The molecule has 0 heterocycles. The highest BCUT2D eigenvalue weighted by molar-refractivity contribution is 7.99. The predicted octanol–water partition coefficient (Wildman–Crippen LogP) is 6.75. The van der Waals surface area contributed by atoms with Crippen molar-refractivity contribution in [3.63, 3.8) is 0 Å². The van der Waals surface area contributed by atoms with E-state index in [1.807, 2.05) is 31.2 Å². The van der Waals surface area contributed by atoms with Crippen LogP contribution >= 0.6 is 46.6 Å². The fraction of sp³-hybridized carbons (Fsp3) is 0.440. The van der Waals surface area contributed by atoms with Crippen LogP contribution in [0.4, 0.5) is 0 Å². The molecule has 4 nitrogen and oxygen atoms in total. The summed E-state index contributed by atoms with van der Waals surface area (Å²) in [5.74, 6) is 0.758. The molecule has 1 fully saturated rings. The van der Waals surface area contributed by atoms with Gasteiger partial charge >= 0.3 is 0 Å². The van der Waals surface area contributed by atoms with Gasteiger partial charge in [0.2, 0.25) is 11.8 Å². The number of carbonyl (C=O) groups excluding carboxylic acids is 2. The first-order chi connectivity index (χ1) is 15.9. The van der Waals surface area contributed by atoms with E-state index in [1.54, 1.807) is 23.1 Å². The molecule has 1 N–H and O–H groups in total. The maximum Gasteiger partial charge on any atom is 0.243 e. The van der Waals surface area contributed by atoms with Gasteiger partial charge < -0.3 is 10.2 Å². The van der Waals surface area contributed by atoms with E-state index in [2.05, 4.69) is 5.32 Å². The van der Waals surface area contributed by atoms with E-state index in [0.29, 0.717) is 33.8 Å². The molecule has 0 bridgehead atoms. The molecule has 2 aromatic rings. The van der Waals surface area contributed by atoms with Crippen molar-refractivity contribution in [2.45, 2.75) is 63.4 Å². The van der Waals surface area contributed by atoms with Gasteiger partial charge in [-0.05, 0) is 54.7 Å². The normalized spacial score (nSPS) is 14.8. The van der Waals surface area contributed by atoms with Crippen LogP contribution in [-0.4, -0.2) is 34.6 Å². The van der Waals surface area contributed by atoms with E-state index in [-0.39, 0.29) is 23.6 Å². The van der Waals surface area contributed by atoms with Crippen molar-refractivity contribution in [3.8, 4) is 0 Å². The first kappa shape index (κ1) is 26.2. The number of benzene rings is 2. The lowest BCUT2D eigenvalue weighted by Gasteiger charge is -2.31. The van der Waals surface area contributed by atoms with E-state index in [1.165, 1.54) is 11.8 Å². The van der Waals surface area contributed by atoms with Gasteiger partial charge in [-0.25, -0.2) is 0 Å². The number of amides is 2. The van der Waals surface area contributed by atoms with Crippen LogP contribution < -0.4 is 5.32 Å². The van der Waals surface area contributed by atoms with Crippen LogP contribution in [0.3, 0.4) is 0 Å². The quantitative estimate of drug-likeness (QED) is 0.372. The number of nitrogens with one attached hydrogen (secondary N) is 1. The van der Waals surface area contributed by atoms with Gasteiger partial charge in [-0.2, -0.15) is 0 Å². The Kier molecular flexibility index (Phi) is 10.2. The molecule has 2 amide bonds. The summed E-state index contributed by atoms with van der Waals surface area (Å²) in [5, 5.41) is 4.81. The van der Waals surface area contributed by atoms with Crippen LogP contribution in [0, 0.1) is 0 Å². The molecular weight excluding hydrogens is 499 g/mol. The molecule has 0 unspecified atom stereocenters. The largest absolute Gasteiger partial charge is 0.352 e. The predicted molar refractivity (Wildman–Crippen MR) is 139 cm³/mol. The van der Waals surface area contributed by atoms with E-state index in [4.69, 9.17) is 34.8 Å². The highest BCUT2D eigenvalue weighted by Gasteiger charge is 2.30. The molecular formula is C25H29Cl3N2O2S. The molecule has 1 aliphatic carbocycles. The Hall–Kier alpha value is -1.40. The van der Waals surface area contributed by atoms with Crippen LogP contribution in [-0.2, 0) is 21.9 Å². The van der Waals surface area contributed by atoms with Gasteiger partial charge in [-0.3, -0.25) is 9.59 Å². The Morgan fingerprint density at radius 2 is 1.70 bits per heavy atom. The van der Waals surface area contributed by atoms with Gasteiger partial charge in [0, 0.05) is 23.4 Å². The molecule has 1 aliphatic rings. The Morgan fingerprint density at radius 1 is 1.03 bits per heavy atom. The van der Waals surface area contributed by atoms with Crippen molar-refractivity contribution < 1.29 is 9.59 Å². The zero-order valence-corrected chi connectivity index (χ0v) is 21.7. The third-order valence-corrected chi connectivity index (χ3v) is 7.81. The number of halogens is 3. The second-order valence-electron chi connectivity index (χ2n) is 8.30. The van der Waals surface area contributed by atoms with Crippen LogP contribution in [0.1, 0.15) is 50.2 Å². The number of thioether (sulfide) groups is 1. The van der Waals surface area contributed by atoms with Gasteiger partial charge in [0.15, 0.2) is 0 Å². The van der Waals surface area contributed by atoms with Crippen molar-refractivity contribution in [1.29, 1.82) is 0 Å². The number of hydrogen-bond acceptors (Lipinski definition) is 3. The Morgan fingerprint density at radius 3 is 2.33 bits per heavy atom. The Balaban J connectivity index is 1.69. The van der Waals surface area contributed by atoms with Crippen LogP contribution in [0.2, 0.25) is 15.1 Å². The summed E-state index contributed by atoms with van der Waals surface area (Å²) in [7, 11) is 0. The highest BCUT2D eigenvalue weighted by atomic mass is 35.5. The second kappa shape index (κ2) is 12.9. The SMILES string of the molecule is CC[C@@H](C(=O)NC1CCCC1)N(Cc1ccc(Cl)cc1)C(=O)CSCc1ccc(Cl)c(Cl)c1. The minimum absolute atomic E-state index is 0.0663. The van der Waals surface area contributed by atoms with E-state index >= 15 is 0 Å². The van der Waals surface area contributed by atoms with Crippen molar-refractivity contribution in [3.05, 3.63) is 68.7 Å². The summed E-state index contributed by atoms with van der Waals surface area (Å²) in [5.41, 5.74) is 1.94. The molecule has 33 heavy (non-hydrogen) atoms. The maximum atomic E-state index is 13.3. The van der Waals surface area contributed by atoms with Crippen LogP contribution in [0.15, 0.2) is 42.5 Å². The second-order valence-corrected chi connectivity index (χ2v) is 10.5. The number of hydrogen-bond donors (Lipinski definition) is 1. The molecule has 0 aromatic heterocycles. The van der Waals surface area contributed by atoms with Crippen molar-refractivity contribution in [2.75, 3.05) is 5.75 Å². The zero-order valence-electron chi connectivity index (χ0n) is 18.7. The minimum atomic E-state index is -0.514. The van der Waals surface area contributed by atoms with E-state index in [9.17, 15) is 9.59 Å². The zero-order chi connectivity index (χ0) is 23.8. The molecule has 1 atom stereocenters. The number of nitrogens with zero attached hydrogens (tertiary/aromatic N) is 1. The summed E-state index contributed by atoms with van der Waals surface area (Å²) in [6.07, 6.45) is 4.84. The lowest BCUT2D eigenvalue weighted by molar-refractivity contribution is -0.139. The molecule has 0 aliphatic heterocycles.